The van der Waals surface area contributed by atoms with E-state index in [1.807, 2.05) is 0 Å². The Hall–Kier alpha value is -1.09. The monoisotopic (exact) mass is 474 g/mol. The molecular weight excluding hydrogens is 439 g/mol. The van der Waals surface area contributed by atoms with Crippen LogP contribution in [0.15, 0.2) is 43.0 Å². The number of aryl methyl sites for hydroxylation is 3. The molecule has 0 saturated heterocycles. The molecule has 1 unspecified atom stereocenters. The van der Waals surface area contributed by atoms with Crippen molar-refractivity contribution in [3.05, 3.63) is 76.4 Å². The van der Waals surface area contributed by atoms with E-state index in [2.05, 4.69) is 121 Å². The SMILES string of the molecule is C=C(I)c1ccc(C(C)(CC(C)(C)c2cc(C)cc(C)c2)C(C)C)cc1C. The van der Waals surface area contributed by atoms with E-state index < -0.39 is 0 Å². The molecule has 0 bridgehead atoms. The van der Waals surface area contributed by atoms with Gasteiger partial charge in [0, 0.05) is 3.58 Å². The first-order valence-electron chi connectivity index (χ1n) is 9.91. The second-order valence-corrected chi connectivity index (χ2v) is 10.7. The predicted molar refractivity (Wildman–Crippen MR) is 130 cm³/mol. The fraction of sp³-hybridized carbons (Fsp3) is 0.462. The summed E-state index contributed by atoms with van der Waals surface area (Å²) in [5.41, 5.74) is 8.39. The first-order chi connectivity index (χ1) is 12.4. The average molecular weight is 474 g/mol. The van der Waals surface area contributed by atoms with Crippen LogP contribution in [0.25, 0.3) is 3.58 Å². The number of halogens is 1. The molecule has 2 aromatic carbocycles. The van der Waals surface area contributed by atoms with Crippen LogP contribution in [0.5, 0.6) is 0 Å². The predicted octanol–water partition coefficient (Wildman–Crippen LogP) is 8.30. The van der Waals surface area contributed by atoms with Gasteiger partial charge in [-0.15, -0.1) is 0 Å². The molecule has 0 aliphatic carbocycles. The maximum Gasteiger partial charge on any atom is 0.0133 e. The van der Waals surface area contributed by atoms with E-state index in [9.17, 15) is 0 Å². The van der Waals surface area contributed by atoms with Crippen molar-refractivity contribution in [1.82, 2.24) is 0 Å². The Bertz CT molecular complexity index is 821. The zero-order valence-corrected chi connectivity index (χ0v) is 20.5. The van der Waals surface area contributed by atoms with Crippen molar-refractivity contribution in [2.75, 3.05) is 0 Å². The first kappa shape index (κ1) is 22.2. The molecule has 1 heteroatoms. The zero-order chi connectivity index (χ0) is 20.6. The van der Waals surface area contributed by atoms with E-state index in [1.54, 1.807) is 0 Å². The summed E-state index contributed by atoms with van der Waals surface area (Å²) in [6, 6.07) is 14.0. The van der Waals surface area contributed by atoms with E-state index in [0.717, 1.165) is 10.0 Å². The molecule has 2 rings (SSSR count). The van der Waals surface area contributed by atoms with Gasteiger partial charge in [0.2, 0.25) is 0 Å². The lowest BCUT2D eigenvalue weighted by atomic mass is 9.62. The Kier molecular flexibility index (Phi) is 6.67. The summed E-state index contributed by atoms with van der Waals surface area (Å²) in [6.45, 7) is 22.7. The first-order valence-corrected chi connectivity index (χ1v) is 11.0. The Balaban J connectivity index is 2.49. The van der Waals surface area contributed by atoms with Crippen LogP contribution in [-0.4, -0.2) is 0 Å². The average Bonchev–Trinajstić information content (AvgIpc) is 2.52. The van der Waals surface area contributed by atoms with Gasteiger partial charge in [-0.3, -0.25) is 0 Å². The van der Waals surface area contributed by atoms with Crippen LogP contribution in [0, 0.1) is 26.7 Å². The number of hydrogen-bond acceptors (Lipinski definition) is 0. The van der Waals surface area contributed by atoms with E-state index in [1.165, 1.54) is 33.4 Å². The quantitative estimate of drug-likeness (QED) is 0.370. The molecule has 0 fully saturated rings. The molecule has 0 heterocycles. The molecule has 27 heavy (non-hydrogen) atoms. The Morgan fingerprint density at radius 1 is 0.926 bits per heavy atom. The second-order valence-electron chi connectivity index (χ2n) is 9.44. The van der Waals surface area contributed by atoms with Crippen molar-refractivity contribution in [3.8, 4) is 0 Å². The maximum absolute atomic E-state index is 4.12. The highest BCUT2D eigenvalue weighted by atomic mass is 127. The van der Waals surface area contributed by atoms with Gasteiger partial charge in [-0.25, -0.2) is 0 Å². The molecule has 0 aromatic heterocycles. The van der Waals surface area contributed by atoms with Gasteiger partial charge in [0.05, 0.1) is 0 Å². The summed E-state index contributed by atoms with van der Waals surface area (Å²) in [4.78, 5) is 0. The fourth-order valence-corrected chi connectivity index (χ4v) is 4.95. The minimum atomic E-state index is 0.106. The minimum absolute atomic E-state index is 0.106. The normalized spacial score (nSPS) is 14.3. The molecule has 2 aromatic rings. The highest BCUT2D eigenvalue weighted by Crippen LogP contribution is 2.44. The van der Waals surface area contributed by atoms with E-state index in [-0.39, 0.29) is 10.8 Å². The summed E-state index contributed by atoms with van der Waals surface area (Å²) >= 11 is 2.32. The number of hydrogen-bond donors (Lipinski definition) is 0. The lowest BCUT2D eigenvalue weighted by Gasteiger charge is -2.42. The summed E-state index contributed by atoms with van der Waals surface area (Å²) in [5, 5.41) is 0. The van der Waals surface area contributed by atoms with Gasteiger partial charge in [0.1, 0.15) is 0 Å². The fourth-order valence-electron chi connectivity index (χ4n) is 4.35. The molecule has 0 saturated carbocycles. The molecule has 0 nitrogen and oxygen atoms in total. The molecule has 0 radical (unpaired) electrons. The molecule has 146 valence electrons. The van der Waals surface area contributed by atoms with Gasteiger partial charge in [-0.2, -0.15) is 0 Å². The molecule has 0 aliphatic heterocycles. The summed E-state index contributed by atoms with van der Waals surface area (Å²) < 4.78 is 1.11. The van der Waals surface area contributed by atoms with E-state index in [0.29, 0.717) is 5.92 Å². The van der Waals surface area contributed by atoms with Crippen molar-refractivity contribution in [2.24, 2.45) is 5.92 Å². The highest BCUT2D eigenvalue weighted by molar-refractivity contribution is 14.1. The topological polar surface area (TPSA) is 0 Å². The van der Waals surface area contributed by atoms with Crippen LogP contribution >= 0.6 is 22.6 Å². The van der Waals surface area contributed by atoms with E-state index >= 15 is 0 Å². The Labute approximate surface area is 180 Å². The highest BCUT2D eigenvalue weighted by Gasteiger charge is 2.37. The Morgan fingerprint density at radius 2 is 1.48 bits per heavy atom. The zero-order valence-electron chi connectivity index (χ0n) is 18.3. The van der Waals surface area contributed by atoms with Crippen LogP contribution in [0.1, 0.15) is 74.4 Å². The maximum atomic E-state index is 4.12. The third kappa shape index (κ3) is 4.85. The summed E-state index contributed by atoms with van der Waals surface area (Å²) in [7, 11) is 0. The van der Waals surface area contributed by atoms with Gasteiger partial charge >= 0.3 is 0 Å². The van der Waals surface area contributed by atoms with Crippen LogP contribution in [0.2, 0.25) is 0 Å². The van der Waals surface area contributed by atoms with Crippen LogP contribution < -0.4 is 0 Å². The third-order valence-electron chi connectivity index (χ3n) is 6.26. The molecule has 0 amide bonds. The minimum Gasteiger partial charge on any atom is -0.0850 e. The van der Waals surface area contributed by atoms with Crippen molar-refractivity contribution < 1.29 is 0 Å². The van der Waals surface area contributed by atoms with Crippen molar-refractivity contribution in [2.45, 2.75) is 72.6 Å². The van der Waals surface area contributed by atoms with E-state index in [4.69, 9.17) is 0 Å². The molecule has 1 atom stereocenters. The van der Waals surface area contributed by atoms with Crippen molar-refractivity contribution >= 4 is 26.2 Å². The Morgan fingerprint density at radius 3 is 1.93 bits per heavy atom. The lowest BCUT2D eigenvalue weighted by molar-refractivity contribution is 0.251. The smallest absolute Gasteiger partial charge is 0.0133 e. The molecular formula is C26H35I. The van der Waals surface area contributed by atoms with Crippen LogP contribution in [-0.2, 0) is 10.8 Å². The summed E-state index contributed by atoms with van der Waals surface area (Å²) in [6.07, 6.45) is 1.12. The van der Waals surface area contributed by atoms with Gasteiger partial charge in [-0.05, 0) is 88.8 Å². The summed E-state index contributed by atoms with van der Waals surface area (Å²) in [5.74, 6) is 0.552. The largest absolute Gasteiger partial charge is 0.0850 e. The lowest BCUT2D eigenvalue weighted by Crippen LogP contribution is -2.36. The number of benzene rings is 2. The van der Waals surface area contributed by atoms with Crippen molar-refractivity contribution in [1.29, 1.82) is 0 Å². The van der Waals surface area contributed by atoms with Gasteiger partial charge < -0.3 is 0 Å². The number of rotatable bonds is 6. The molecule has 0 spiro atoms. The molecule has 0 N–H and O–H groups in total. The van der Waals surface area contributed by atoms with Gasteiger partial charge in [-0.1, -0.05) is 88.7 Å². The third-order valence-corrected chi connectivity index (χ3v) is 6.85. The second kappa shape index (κ2) is 8.11. The van der Waals surface area contributed by atoms with Crippen LogP contribution in [0.3, 0.4) is 0 Å². The molecule has 0 aliphatic rings. The van der Waals surface area contributed by atoms with Crippen molar-refractivity contribution in [3.63, 3.8) is 0 Å². The standard InChI is InChI=1S/C26H35I/c1-17(2)26(9,22-10-11-24(21(6)27)20(5)15-22)16-25(7,8)23-13-18(3)12-19(4)14-23/h10-15,17H,6,16H2,1-5,7-9H3. The van der Waals surface area contributed by atoms with Gasteiger partial charge in [0.15, 0.2) is 0 Å². The van der Waals surface area contributed by atoms with Crippen LogP contribution in [0.4, 0.5) is 0 Å². The van der Waals surface area contributed by atoms with Gasteiger partial charge in [0.25, 0.3) is 0 Å².